The van der Waals surface area contributed by atoms with Crippen LogP contribution >= 0.6 is 12.2 Å². The molecule has 17 heavy (non-hydrogen) atoms. The molecule has 0 fully saturated rings. The van der Waals surface area contributed by atoms with E-state index in [9.17, 15) is 0 Å². The number of nitrogens with zero attached hydrogens (tertiary/aromatic N) is 2. The van der Waals surface area contributed by atoms with E-state index in [0.29, 0.717) is 11.6 Å². The van der Waals surface area contributed by atoms with Crippen LogP contribution in [0, 0.1) is 0 Å². The Bertz CT molecular complexity index is 353. The van der Waals surface area contributed by atoms with Gasteiger partial charge in [-0.1, -0.05) is 12.2 Å². The van der Waals surface area contributed by atoms with E-state index >= 15 is 0 Å². The lowest BCUT2D eigenvalue weighted by atomic mass is 10.3. The number of likely N-dealkylation sites (N-methyl/N-ethyl adjacent to an activating group) is 1. The van der Waals surface area contributed by atoms with Crippen LogP contribution in [-0.2, 0) is 4.74 Å². The molecule has 1 rings (SSSR count). The SMILES string of the molecule is CCOCCN(CC)c1ccc(C(N)=S)cn1. The quantitative estimate of drug-likeness (QED) is 0.590. The summed E-state index contributed by atoms with van der Waals surface area (Å²) in [7, 11) is 0. The van der Waals surface area contributed by atoms with Gasteiger partial charge >= 0.3 is 0 Å². The zero-order valence-electron chi connectivity index (χ0n) is 10.3. The molecule has 0 radical (unpaired) electrons. The molecule has 5 heteroatoms. The van der Waals surface area contributed by atoms with E-state index in [4.69, 9.17) is 22.7 Å². The standard InChI is InChI=1S/C12H19N3OS/c1-3-15(7-8-16-4-2)11-6-5-10(9-14-11)12(13)17/h5-6,9H,3-4,7-8H2,1-2H3,(H2,13,17). The van der Waals surface area contributed by atoms with Crippen molar-refractivity contribution < 1.29 is 4.74 Å². The molecule has 0 aliphatic rings. The van der Waals surface area contributed by atoms with Crippen LogP contribution in [0.3, 0.4) is 0 Å². The first-order valence-electron chi connectivity index (χ1n) is 5.77. The topological polar surface area (TPSA) is 51.4 Å². The van der Waals surface area contributed by atoms with Crippen molar-refractivity contribution in [2.24, 2.45) is 5.73 Å². The first-order chi connectivity index (χ1) is 8.19. The Morgan fingerprint density at radius 3 is 2.71 bits per heavy atom. The molecule has 0 aliphatic heterocycles. The average molecular weight is 253 g/mol. The van der Waals surface area contributed by atoms with Gasteiger partial charge in [-0.25, -0.2) is 4.98 Å². The molecular formula is C12H19N3OS. The predicted molar refractivity (Wildman–Crippen MR) is 74.5 cm³/mol. The Morgan fingerprint density at radius 1 is 1.47 bits per heavy atom. The van der Waals surface area contributed by atoms with E-state index in [-0.39, 0.29) is 0 Å². The van der Waals surface area contributed by atoms with Crippen molar-refractivity contribution in [3.63, 3.8) is 0 Å². The Morgan fingerprint density at radius 2 is 2.24 bits per heavy atom. The Hall–Kier alpha value is -1.20. The lowest BCUT2D eigenvalue weighted by Gasteiger charge is -2.21. The number of thiocarbonyl (C=S) groups is 1. The minimum atomic E-state index is 0.376. The van der Waals surface area contributed by atoms with Crippen molar-refractivity contribution in [3.8, 4) is 0 Å². The van der Waals surface area contributed by atoms with Gasteiger partial charge in [-0.15, -0.1) is 0 Å². The number of rotatable bonds is 7. The van der Waals surface area contributed by atoms with E-state index < -0.39 is 0 Å². The van der Waals surface area contributed by atoms with Crippen LogP contribution in [0.2, 0.25) is 0 Å². The number of aromatic nitrogens is 1. The normalized spacial score (nSPS) is 10.2. The molecule has 0 spiro atoms. The van der Waals surface area contributed by atoms with Crippen LogP contribution in [0.5, 0.6) is 0 Å². The van der Waals surface area contributed by atoms with Gasteiger partial charge in [0.05, 0.1) is 6.61 Å². The van der Waals surface area contributed by atoms with Gasteiger partial charge in [0, 0.05) is 31.5 Å². The Kier molecular flexibility index (Phi) is 5.86. The van der Waals surface area contributed by atoms with Crippen molar-refractivity contribution in [1.29, 1.82) is 0 Å². The van der Waals surface area contributed by atoms with Gasteiger partial charge in [0.25, 0.3) is 0 Å². The second-order valence-corrected chi connectivity index (χ2v) is 3.99. The molecule has 94 valence electrons. The predicted octanol–water partition coefficient (Wildman–Crippen LogP) is 1.58. The number of hydrogen-bond donors (Lipinski definition) is 1. The number of nitrogens with two attached hydrogens (primary N) is 1. The average Bonchev–Trinajstić information content (AvgIpc) is 2.35. The molecule has 1 aromatic heterocycles. The molecule has 0 atom stereocenters. The van der Waals surface area contributed by atoms with E-state index in [1.165, 1.54) is 0 Å². The largest absolute Gasteiger partial charge is 0.389 e. The Labute approximate surface area is 108 Å². The summed E-state index contributed by atoms with van der Waals surface area (Å²) in [6, 6.07) is 3.83. The van der Waals surface area contributed by atoms with Gasteiger partial charge in [0.15, 0.2) is 0 Å². The van der Waals surface area contributed by atoms with Crippen LogP contribution in [-0.4, -0.2) is 36.3 Å². The van der Waals surface area contributed by atoms with Gasteiger partial charge in [0.2, 0.25) is 0 Å². The highest BCUT2D eigenvalue weighted by Crippen LogP contribution is 2.10. The summed E-state index contributed by atoms with van der Waals surface area (Å²) in [6.07, 6.45) is 1.71. The Balaban J connectivity index is 2.65. The van der Waals surface area contributed by atoms with Crippen molar-refractivity contribution in [3.05, 3.63) is 23.9 Å². The maximum absolute atomic E-state index is 5.53. The first-order valence-corrected chi connectivity index (χ1v) is 6.18. The molecule has 1 aromatic rings. The highest BCUT2D eigenvalue weighted by Gasteiger charge is 2.05. The second kappa shape index (κ2) is 7.19. The summed E-state index contributed by atoms with van der Waals surface area (Å²) in [4.78, 5) is 6.88. The molecular weight excluding hydrogens is 234 g/mol. The third-order valence-electron chi connectivity index (χ3n) is 2.45. The molecule has 1 heterocycles. The summed E-state index contributed by atoms with van der Waals surface area (Å²) in [5, 5.41) is 0. The fraction of sp³-hybridized carbons (Fsp3) is 0.500. The summed E-state index contributed by atoms with van der Waals surface area (Å²) in [6.45, 7) is 7.27. The van der Waals surface area contributed by atoms with Gasteiger partial charge in [-0.3, -0.25) is 0 Å². The van der Waals surface area contributed by atoms with Crippen molar-refractivity contribution in [2.45, 2.75) is 13.8 Å². The van der Waals surface area contributed by atoms with E-state index in [2.05, 4.69) is 16.8 Å². The van der Waals surface area contributed by atoms with Crippen LogP contribution < -0.4 is 10.6 Å². The number of ether oxygens (including phenoxy) is 1. The fourth-order valence-corrected chi connectivity index (χ4v) is 1.59. The molecule has 4 nitrogen and oxygen atoms in total. The molecule has 0 saturated carbocycles. The van der Waals surface area contributed by atoms with Crippen molar-refractivity contribution in [1.82, 2.24) is 4.98 Å². The van der Waals surface area contributed by atoms with E-state index in [0.717, 1.165) is 31.1 Å². The molecule has 0 saturated heterocycles. The van der Waals surface area contributed by atoms with Gasteiger partial charge in [-0.05, 0) is 26.0 Å². The van der Waals surface area contributed by atoms with E-state index in [1.54, 1.807) is 6.20 Å². The third kappa shape index (κ3) is 4.28. The molecule has 0 unspecified atom stereocenters. The van der Waals surface area contributed by atoms with E-state index in [1.807, 2.05) is 19.1 Å². The monoisotopic (exact) mass is 253 g/mol. The van der Waals surface area contributed by atoms with Crippen LogP contribution in [0.1, 0.15) is 19.4 Å². The molecule has 0 amide bonds. The lowest BCUT2D eigenvalue weighted by molar-refractivity contribution is 0.154. The zero-order valence-corrected chi connectivity index (χ0v) is 11.2. The summed E-state index contributed by atoms with van der Waals surface area (Å²) in [5.74, 6) is 0.923. The van der Waals surface area contributed by atoms with Gasteiger partial charge < -0.3 is 15.4 Å². The van der Waals surface area contributed by atoms with Gasteiger partial charge in [0.1, 0.15) is 10.8 Å². The number of hydrogen-bond acceptors (Lipinski definition) is 4. The molecule has 0 aromatic carbocycles. The molecule has 0 aliphatic carbocycles. The smallest absolute Gasteiger partial charge is 0.128 e. The second-order valence-electron chi connectivity index (χ2n) is 3.55. The maximum atomic E-state index is 5.53. The summed E-state index contributed by atoms with van der Waals surface area (Å²) < 4.78 is 5.34. The summed E-state index contributed by atoms with van der Waals surface area (Å²) >= 11 is 4.89. The van der Waals surface area contributed by atoms with Crippen LogP contribution in [0.15, 0.2) is 18.3 Å². The minimum Gasteiger partial charge on any atom is -0.389 e. The minimum absolute atomic E-state index is 0.376. The third-order valence-corrected chi connectivity index (χ3v) is 2.68. The highest BCUT2D eigenvalue weighted by molar-refractivity contribution is 7.80. The lowest BCUT2D eigenvalue weighted by Crippen LogP contribution is -2.28. The molecule has 2 N–H and O–H groups in total. The molecule has 0 bridgehead atoms. The number of anilines is 1. The first kappa shape index (κ1) is 13.9. The number of pyridine rings is 1. The summed E-state index contributed by atoms with van der Waals surface area (Å²) in [5.41, 5.74) is 6.32. The fourth-order valence-electron chi connectivity index (χ4n) is 1.47. The van der Waals surface area contributed by atoms with Crippen LogP contribution in [0.25, 0.3) is 0 Å². The van der Waals surface area contributed by atoms with Gasteiger partial charge in [-0.2, -0.15) is 0 Å². The zero-order chi connectivity index (χ0) is 12.7. The van der Waals surface area contributed by atoms with Crippen molar-refractivity contribution >= 4 is 23.0 Å². The highest BCUT2D eigenvalue weighted by atomic mass is 32.1. The van der Waals surface area contributed by atoms with Crippen molar-refractivity contribution in [2.75, 3.05) is 31.2 Å². The maximum Gasteiger partial charge on any atom is 0.128 e. The van der Waals surface area contributed by atoms with Crippen LogP contribution in [0.4, 0.5) is 5.82 Å².